The number of aromatic nitrogens is 2. The van der Waals surface area contributed by atoms with Gasteiger partial charge < -0.3 is 5.32 Å². The first-order valence-corrected chi connectivity index (χ1v) is 7.40. The van der Waals surface area contributed by atoms with Crippen molar-refractivity contribution < 1.29 is 18.0 Å². The molecule has 2 heterocycles. The van der Waals surface area contributed by atoms with Crippen LogP contribution >= 0.6 is 11.3 Å². The van der Waals surface area contributed by atoms with Crippen molar-refractivity contribution in [3.63, 3.8) is 0 Å². The number of halogens is 3. The number of aromatic amines is 1. The average Bonchev–Trinajstić information content (AvgIpc) is 3.18. The summed E-state index contributed by atoms with van der Waals surface area (Å²) in [4.78, 5) is 13.0. The Labute approximate surface area is 133 Å². The van der Waals surface area contributed by atoms with E-state index in [1.165, 1.54) is 35.6 Å². The Hall–Kier alpha value is -2.61. The van der Waals surface area contributed by atoms with Crippen molar-refractivity contribution in [3.05, 3.63) is 59.1 Å². The highest BCUT2D eigenvalue weighted by Gasteiger charge is 2.33. The number of para-hydroxylation sites is 1. The fourth-order valence-electron chi connectivity index (χ4n) is 2.02. The number of thiophene rings is 1. The van der Waals surface area contributed by atoms with E-state index in [4.69, 9.17) is 0 Å². The minimum atomic E-state index is -4.54. The molecule has 0 atom stereocenters. The highest BCUT2D eigenvalue weighted by atomic mass is 32.1. The summed E-state index contributed by atoms with van der Waals surface area (Å²) in [5.41, 5.74) is -0.548. The number of anilines is 1. The zero-order valence-corrected chi connectivity index (χ0v) is 12.3. The van der Waals surface area contributed by atoms with Gasteiger partial charge in [-0.3, -0.25) is 9.89 Å². The highest BCUT2D eigenvalue weighted by molar-refractivity contribution is 7.13. The zero-order valence-electron chi connectivity index (χ0n) is 11.5. The molecule has 3 rings (SSSR count). The van der Waals surface area contributed by atoms with Crippen LogP contribution in [-0.2, 0) is 6.18 Å². The monoisotopic (exact) mass is 337 g/mol. The Morgan fingerprint density at radius 3 is 2.65 bits per heavy atom. The van der Waals surface area contributed by atoms with E-state index in [2.05, 4.69) is 15.5 Å². The summed E-state index contributed by atoms with van der Waals surface area (Å²) in [6.45, 7) is 0. The number of nitrogens with one attached hydrogen (secondary N) is 2. The fourth-order valence-corrected chi connectivity index (χ4v) is 2.71. The first-order valence-electron chi connectivity index (χ1n) is 6.52. The SMILES string of the molecule is O=C(Nc1ccccc1C(F)(F)F)c1cc(-c2cccs2)[nH]n1. The molecule has 118 valence electrons. The summed E-state index contributed by atoms with van der Waals surface area (Å²) >= 11 is 1.46. The second-order valence-corrected chi connectivity index (χ2v) is 5.59. The van der Waals surface area contributed by atoms with Gasteiger partial charge in [-0.15, -0.1) is 11.3 Å². The number of amides is 1. The molecular formula is C15H10F3N3OS. The molecule has 0 saturated heterocycles. The number of hydrogen-bond acceptors (Lipinski definition) is 3. The van der Waals surface area contributed by atoms with Crippen LogP contribution in [0.2, 0.25) is 0 Å². The van der Waals surface area contributed by atoms with Gasteiger partial charge in [-0.05, 0) is 29.6 Å². The van der Waals surface area contributed by atoms with E-state index in [0.29, 0.717) is 5.69 Å². The summed E-state index contributed by atoms with van der Waals surface area (Å²) in [6.07, 6.45) is -4.54. The number of carbonyl (C=O) groups is 1. The molecule has 0 fully saturated rings. The predicted molar refractivity (Wildman–Crippen MR) is 81.3 cm³/mol. The van der Waals surface area contributed by atoms with E-state index in [9.17, 15) is 18.0 Å². The van der Waals surface area contributed by atoms with Crippen molar-refractivity contribution in [2.24, 2.45) is 0 Å². The Morgan fingerprint density at radius 1 is 1.17 bits per heavy atom. The van der Waals surface area contributed by atoms with E-state index in [-0.39, 0.29) is 11.4 Å². The largest absolute Gasteiger partial charge is 0.418 e. The van der Waals surface area contributed by atoms with Crippen LogP contribution in [0.3, 0.4) is 0 Å². The molecule has 0 radical (unpaired) electrons. The number of H-pyrrole nitrogens is 1. The van der Waals surface area contributed by atoms with Crippen molar-refractivity contribution >= 4 is 22.9 Å². The summed E-state index contributed by atoms with van der Waals surface area (Å²) in [5.74, 6) is -0.708. The molecular weight excluding hydrogens is 327 g/mol. The van der Waals surface area contributed by atoms with Crippen LogP contribution in [-0.4, -0.2) is 16.1 Å². The normalized spacial score (nSPS) is 11.4. The molecule has 1 aromatic carbocycles. The summed E-state index contributed by atoms with van der Waals surface area (Å²) in [5, 5.41) is 10.7. The molecule has 1 amide bonds. The number of carbonyl (C=O) groups excluding carboxylic acids is 1. The van der Waals surface area contributed by atoms with Gasteiger partial charge in [0.05, 0.1) is 21.8 Å². The Kier molecular flexibility index (Phi) is 3.91. The Bertz CT molecular complexity index is 825. The van der Waals surface area contributed by atoms with Crippen LogP contribution in [0.5, 0.6) is 0 Å². The lowest BCUT2D eigenvalue weighted by atomic mass is 10.1. The van der Waals surface area contributed by atoms with E-state index < -0.39 is 17.6 Å². The fraction of sp³-hybridized carbons (Fsp3) is 0.0667. The first-order chi connectivity index (χ1) is 10.9. The van der Waals surface area contributed by atoms with Crippen molar-refractivity contribution in [1.29, 1.82) is 0 Å². The number of benzene rings is 1. The molecule has 0 aliphatic rings. The molecule has 0 aliphatic carbocycles. The third-order valence-corrected chi connectivity index (χ3v) is 3.98. The summed E-state index contributed by atoms with van der Waals surface area (Å²) in [7, 11) is 0. The molecule has 0 spiro atoms. The lowest BCUT2D eigenvalue weighted by Gasteiger charge is -2.12. The molecule has 2 aromatic heterocycles. The maximum absolute atomic E-state index is 12.9. The maximum Gasteiger partial charge on any atom is 0.418 e. The van der Waals surface area contributed by atoms with E-state index >= 15 is 0 Å². The molecule has 0 saturated carbocycles. The molecule has 0 aliphatic heterocycles. The smallest absolute Gasteiger partial charge is 0.320 e. The molecule has 23 heavy (non-hydrogen) atoms. The van der Waals surface area contributed by atoms with Crippen molar-refractivity contribution in [1.82, 2.24) is 10.2 Å². The third kappa shape index (κ3) is 3.26. The van der Waals surface area contributed by atoms with Crippen LogP contribution in [0.1, 0.15) is 16.1 Å². The average molecular weight is 337 g/mol. The number of nitrogens with zero attached hydrogens (tertiary/aromatic N) is 1. The highest BCUT2D eigenvalue weighted by Crippen LogP contribution is 2.34. The van der Waals surface area contributed by atoms with Gasteiger partial charge >= 0.3 is 6.18 Å². The number of rotatable bonds is 3. The maximum atomic E-state index is 12.9. The molecule has 0 bridgehead atoms. The second kappa shape index (κ2) is 5.88. The quantitative estimate of drug-likeness (QED) is 0.744. The van der Waals surface area contributed by atoms with Crippen LogP contribution in [0.25, 0.3) is 10.6 Å². The minimum Gasteiger partial charge on any atom is -0.320 e. The Morgan fingerprint density at radius 2 is 1.96 bits per heavy atom. The standard InChI is InChI=1S/C15H10F3N3OS/c16-15(17,18)9-4-1-2-5-10(9)19-14(22)12-8-11(20-21-12)13-6-3-7-23-13/h1-8H,(H,19,22)(H,20,21). The molecule has 4 nitrogen and oxygen atoms in total. The van der Waals surface area contributed by atoms with Gasteiger partial charge in [0.2, 0.25) is 0 Å². The van der Waals surface area contributed by atoms with E-state index in [0.717, 1.165) is 10.9 Å². The van der Waals surface area contributed by atoms with Gasteiger partial charge in [-0.2, -0.15) is 18.3 Å². The molecule has 2 N–H and O–H groups in total. The van der Waals surface area contributed by atoms with Gasteiger partial charge in [0.25, 0.3) is 5.91 Å². The number of alkyl halides is 3. The van der Waals surface area contributed by atoms with Gasteiger partial charge in [0.1, 0.15) is 0 Å². The van der Waals surface area contributed by atoms with Crippen molar-refractivity contribution in [2.45, 2.75) is 6.18 Å². The van der Waals surface area contributed by atoms with E-state index in [1.807, 2.05) is 17.5 Å². The molecule has 8 heteroatoms. The van der Waals surface area contributed by atoms with Crippen LogP contribution in [0.15, 0.2) is 47.8 Å². The van der Waals surface area contributed by atoms with Crippen molar-refractivity contribution in [3.8, 4) is 10.6 Å². The van der Waals surface area contributed by atoms with E-state index in [1.54, 1.807) is 0 Å². The topological polar surface area (TPSA) is 57.8 Å². The lowest BCUT2D eigenvalue weighted by Crippen LogP contribution is -2.16. The minimum absolute atomic E-state index is 0.0189. The zero-order chi connectivity index (χ0) is 16.4. The van der Waals surface area contributed by atoms with Gasteiger partial charge in [0, 0.05) is 0 Å². The lowest BCUT2D eigenvalue weighted by molar-refractivity contribution is -0.136. The van der Waals surface area contributed by atoms with Crippen LogP contribution in [0, 0.1) is 0 Å². The molecule has 0 unspecified atom stereocenters. The van der Waals surface area contributed by atoms with Gasteiger partial charge in [0.15, 0.2) is 5.69 Å². The summed E-state index contributed by atoms with van der Waals surface area (Å²) in [6, 6.07) is 10.00. The second-order valence-electron chi connectivity index (χ2n) is 4.64. The number of hydrogen-bond donors (Lipinski definition) is 2. The van der Waals surface area contributed by atoms with Gasteiger partial charge in [-0.25, -0.2) is 0 Å². The summed E-state index contributed by atoms with van der Waals surface area (Å²) < 4.78 is 38.8. The van der Waals surface area contributed by atoms with Crippen molar-refractivity contribution in [2.75, 3.05) is 5.32 Å². The van der Waals surface area contributed by atoms with Crippen LogP contribution < -0.4 is 5.32 Å². The molecule has 3 aromatic rings. The van der Waals surface area contributed by atoms with Crippen LogP contribution in [0.4, 0.5) is 18.9 Å². The Balaban J connectivity index is 1.83. The first kappa shape index (κ1) is 15.3. The third-order valence-electron chi connectivity index (χ3n) is 3.08. The van der Waals surface area contributed by atoms with Gasteiger partial charge in [-0.1, -0.05) is 18.2 Å². The predicted octanol–water partition coefficient (Wildman–Crippen LogP) is 4.41.